The fourth-order valence-electron chi connectivity index (χ4n) is 2.27. The van der Waals surface area contributed by atoms with Crippen LogP contribution in [0.5, 0.6) is 0 Å². The van der Waals surface area contributed by atoms with Crippen LogP contribution in [0.1, 0.15) is 24.3 Å². The summed E-state index contributed by atoms with van der Waals surface area (Å²) in [6.07, 6.45) is 1.47. The number of carbonyl (C=O) groups is 1. The smallest absolute Gasteiger partial charge is 0.220 e. The van der Waals surface area contributed by atoms with E-state index < -0.39 is 0 Å². The second-order valence-electron chi connectivity index (χ2n) is 4.40. The van der Waals surface area contributed by atoms with Gasteiger partial charge in [-0.2, -0.15) is 0 Å². The molecule has 1 aromatic carbocycles. The van der Waals surface area contributed by atoms with Crippen LogP contribution in [0.2, 0.25) is 0 Å². The third-order valence-corrected chi connectivity index (χ3v) is 3.17. The van der Waals surface area contributed by atoms with Gasteiger partial charge in [-0.25, -0.2) is 0 Å². The molecule has 1 heterocycles. The highest BCUT2D eigenvalue weighted by Crippen LogP contribution is 2.26. The Kier molecular flexibility index (Phi) is 3.57. The van der Waals surface area contributed by atoms with Crippen LogP contribution < -0.4 is 5.32 Å². The van der Waals surface area contributed by atoms with Crippen LogP contribution in [0.3, 0.4) is 0 Å². The van der Waals surface area contributed by atoms with Crippen molar-refractivity contribution in [1.82, 2.24) is 5.32 Å². The van der Waals surface area contributed by atoms with Crippen molar-refractivity contribution in [2.75, 3.05) is 13.2 Å². The number of aliphatic hydroxyl groups is 1. The zero-order valence-corrected chi connectivity index (χ0v) is 9.23. The van der Waals surface area contributed by atoms with Gasteiger partial charge in [0, 0.05) is 25.5 Å². The first-order chi connectivity index (χ1) is 7.79. The molecule has 1 aliphatic heterocycles. The average molecular weight is 219 g/mol. The number of nitrogens with one attached hydrogen (secondary N) is 1. The van der Waals surface area contributed by atoms with Crippen LogP contribution in [0.4, 0.5) is 0 Å². The van der Waals surface area contributed by atoms with Gasteiger partial charge in [0.1, 0.15) is 0 Å². The molecule has 2 rings (SSSR count). The zero-order chi connectivity index (χ0) is 11.4. The summed E-state index contributed by atoms with van der Waals surface area (Å²) >= 11 is 0. The second-order valence-corrected chi connectivity index (χ2v) is 4.40. The fourth-order valence-corrected chi connectivity index (χ4v) is 2.27. The molecule has 0 radical (unpaired) electrons. The standard InChI is InChI=1S/C13H17NO2/c15-9-12(11-4-2-1-3-5-11)6-10-7-13(16)14-8-10/h1-5,10,12,15H,6-9H2,(H,14,16)/t10-,12+/m1/s1. The van der Waals surface area contributed by atoms with Crippen LogP contribution in [0.25, 0.3) is 0 Å². The van der Waals surface area contributed by atoms with Gasteiger partial charge >= 0.3 is 0 Å². The normalized spacial score (nSPS) is 21.8. The lowest BCUT2D eigenvalue weighted by atomic mass is 9.89. The number of aliphatic hydroxyl groups excluding tert-OH is 1. The first-order valence-electron chi connectivity index (χ1n) is 5.72. The topological polar surface area (TPSA) is 49.3 Å². The number of hydrogen-bond donors (Lipinski definition) is 2. The SMILES string of the molecule is O=C1C[C@@H](C[C@@H](CO)c2ccccc2)CN1. The predicted octanol–water partition coefficient (Wildman–Crippen LogP) is 1.29. The summed E-state index contributed by atoms with van der Waals surface area (Å²) in [5.41, 5.74) is 1.16. The van der Waals surface area contributed by atoms with E-state index in [1.165, 1.54) is 0 Å². The molecule has 2 atom stereocenters. The maximum absolute atomic E-state index is 11.1. The van der Waals surface area contributed by atoms with Gasteiger partial charge in [0.15, 0.2) is 0 Å². The Bertz CT molecular complexity index is 350. The Morgan fingerprint density at radius 2 is 2.12 bits per heavy atom. The molecule has 0 bridgehead atoms. The minimum Gasteiger partial charge on any atom is -0.396 e. The molecule has 1 saturated heterocycles. The lowest BCUT2D eigenvalue weighted by Gasteiger charge is -2.17. The Labute approximate surface area is 95.5 Å². The van der Waals surface area contributed by atoms with Crippen molar-refractivity contribution in [3.8, 4) is 0 Å². The second kappa shape index (κ2) is 5.12. The van der Waals surface area contributed by atoms with E-state index in [2.05, 4.69) is 5.32 Å². The van der Waals surface area contributed by atoms with E-state index in [9.17, 15) is 9.90 Å². The number of carbonyl (C=O) groups excluding carboxylic acids is 1. The lowest BCUT2D eigenvalue weighted by Crippen LogP contribution is -2.15. The summed E-state index contributed by atoms with van der Waals surface area (Å²) in [6.45, 7) is 0.900. The van der Waals surface area contributed by atoms with Gasteiger partial charge in [-0.3, -0.25) is 4.79 Å². The Hall–Kier alpha value is -1.35. The van der Waals surface area contributed by atoms with Crippen molar-refractivity contribution in [2.45, 2.75) is 18.8 Å². The van der Waals surface area contributed by atoms with Crippen molar-refractivity contribution in [1.29, 1.82) is 0 Å². The molecule has 0 aromatic heterocycles. The van der Waals surface area contributed by atoms with Gasteiger partial charge < -0.3 is 10.4 Å². The Morgan fingerprint density at radius 3 is 2.69 bits per heavy atom. The maximum Gasteiger partial charge on any atom is 0.220 e. The molecular formula is C13H17NO2. The fraction of sp³-hybridized carbons (Fsp3) is 0.462. The van der Waals surface area contributed by atoms with Gasteiger partial charge in [0.25, 0.3) is 0 Å². The van der Waals surface area contributed by atoms with Crippen molar-refractivity contribution < 1.29 is 9.90 Å². The first-order valence-corrected chi connectivity index (χ1v) is 5.72. The van der Waals surface area contributed by atoms with Crippen LogP contribution in [0.15, 0.2) is 30.3 Å². The molecule has 0 spiro atoms. The summed E-state index contributed by atoms with van der Waals surface area (Å²) < 4.78 is 0. The molecule has 0 saturated carbocycles. The lowest BCUT2D eigenvalue weighted by molar-refractivity contribution is -0.119. The van der Waals surface area contributed by atoms with Crippen molar-refractivity contribution in [3.05, 3.63) is 35.9 Å². The molecule has 2 N–H and O–H groups in total. The molecule has 16 heavy (non-hydrogen) atoms. The van der Waals surface area contributed by atoms with E-state index in [0.717, 1.165) is 18.5 Å². The average Bonchev–Trinajstić information content (AvgIpc) is 2.73. The third-order valence-electron chi connectivity index (χ3n) is 3.17. The summed E-state index contributed by atoms with van der Waals surface area (Å²) in [7, 11) is 0. The Balaban J connectivity index is 1.98. The predicted molar refractivity (Wildman–Crippen MR) is 62.0 cm³/mol. The quantitative estimate of drug-likeness (QED) is 0.801. The molecule has 86 valence electrons. The monoisotopic (exact) mass is 219 g/mol. The van der Waals surface area contributed by atoms with E-state index in [-0.39, 0.29) is 18.4 Å². The van der Waals surface area contributed by atoms with Crippen LogP contribution in [-0.2, 0) is 4.79 Å². The Morgan fingerprint density at radius 1 is 1.38 bits per heavy atom. The number of rotatable bonds is 4. The maximum atomic E-state index is 11.1. The van der Waals surface area contributed by atoms with Crippen molar-refractivity contribution in [3.63, 3.8) is 0 Å². The molecule has 3 nitrogen and oxygen atoms in total. The largest absolute Gasteiger partial charge is 0.396 e. The van der Waals surface area contributed by atoms with E-state index in [0.29, 0.717) is 12.3 Å². The minimum absolute atomic E-state index is 0.134. The van der Waals surface area contributed by atoms with E-state index in [4.69, 9.17) is 0 Å². The molecule has 1 aromatic rings. The third kappa shape index (κ3) is 2.61. The van der Waals surface area contributed by atoms with Gasteiger partial charge in [-0.05, 0) is 17.9 Å². The summed E-state index contributed by atoms with van der Waals surface area (Å²) in [6, 6.07) is 10.0. The molecule has 3 heteroatoms. The van der Waals surface area contributed by atoms with Gasteiger partial charge in [-0.15, -0.1) is 0 Å². The summed E-state index contributed by atoms with van der Waals surface area (Å²) in [4.78, 5) is 11.1. The van der Waals surface area contributed by atoms with Crippen molar-refractivity contribution >= 4 is 5.91 Å². The van der Waals surface area contributed by atoms with Crippen LogP contribution in [-0.4, -0.2) is 24.2 Å². The molecule has 0 aliphatic carbocycles. The minimum atomic E-state index is 0.134. The number of benzene rings is 1. The highest BCUT2D eigenvalue weighted by Gasteiger charge is 2.24. The molecule has 1 amide bonds. The summed E-state index contributed by atoms with van der Waals surface area (Å²) in [5.74, 6) is 0.651. The van der Waals surface area contributed by atoms with Gasteiger partial charge in [0.05, 0.1) is 0 Å². The number of amides is 1. The van der Waals surface area contributed by atoms with Crippen molar-refractivity contribution in [2.24, 2.45) is 5.92 Å². The van der Waals surface area contributed by atoms with Crippen LogP contribution in [0, 0.1) is 5.92 Å². The van der Waals surface area contributed by atoms with E-state index >= 15 is 0 Å². The van der Waals surface area contributed by atoms with E-state index in [1.54, 1.807) is 0 Å². The highest BCUT2D eigenvalue weighted by atomic mass is 16.3. The summed E-state index contributed by atoms with van der Waals surface area (Å²) in [5, 5.41) is 12.2. The van der Waals surface area contributed by atoms with Gasteiger partial charge in [-0.1, -0.05) is 30.3 Å². The molecule has 1 fully saturated rings. The van der Waals surface area contributed by atoms with Gasteiger partial charge in [0.2, 0.25) is 5.91 Å². The first kappa shape index (κ1) is 11.1. The molecule has 1 aliphatic rings. The van der Waals surface area contributed by atoms with E-state index in [1.807, 2.05) is 30.3 Å². The molecular weight excluding hydrogens is 202 g/mol. The van der Waals surface area contributed by atoms with Crippen LogP contribution >= 0.6 is 0 Å². The zero-order valence-electron chi connectivity index (χ0n) is 9.23. The number of hydrogen-bond acceptors (Lipinski definition) is 2. The molecule has 0 unspecified atom stereocenters. The highest BCUT2D eigenvalue weighted by molar-refractivity contribution is 5.78.